The molecule has 0 aliphatic carbocycles. The summed E-state index contributed by atoms with van der Waals surface area (Å²) in [6, 6.07) is 5.67. The Labute approximate surface area is 119 Å². The molecule has 1 amide bonds. The van der Waals surface area contributed by atoms with Crippen LogP contribution in [0.1, 0.15) is 10.5 Å². The van der Waals surface area contributed by atoms with E-state index in [2.05, 4.69) is 15.2 Å². The van der Waals surface area contributed by atoms with Gasteiger partial charge in [-0.2, -0.15) is 13.9 Å². The van der Waals surface area contributed by atoms with Gasteiger partial charge in [0.15, 0.2) is 17.2 Å². The van der Waals surface area contributed by atoms with Crippen molar-refractivity contribution in [2.45, 2.75) is 6.61 Å². The quantitative estimate of drug-likeness (QED) is 0.919. The second-order valence-corrected chi connectivity index (χ2v) is 4.07. The van der Waals surface area contributed by atoms with Crippen LogP contribution in [0.2, 0.25) is 0 Å². The lowest BCUT2D eigenvalue weighted by atomic mass is 10.2. The van der Waals surface area contributed by atoms with Gasteiger partial charge < -0.3 is 14.8 Å². The van der Waals surface area contributed by atoms with Gasteiger partial charge in [0.05, 0.1) is 7.11 Å². The highest BCUT2D eigenvalue weighted by Gasteiger charge is 2.13. The summed E-state index contributed by atoms with van der Waals surface area (Å²) in [7, 11) is 3.01. The van der Waals surface area contributed by atoms with Crippen LogP contribution < -0.4 is 14.8 Å². The molecule has 0 saturated carbocycles. The molecule has 0 spiro atoms. The normalized spacial score (nSPS) is 10.5. The smallest absolute Gasteiger partial charge is 0.387 e. The molecule has 0 aliphatic heterocycles. The molecule has 0 bridgehead atoms. The summed E-state index contributed by atoms with van der Waals surface area (Å²) in [5.41, 5.74) is 0.619. The van der Waals surface area contributed by atoms with Gasteiger partial charge in [-0.1, -0.05) is 0 Å². The lowest BCUT2D eigenvalue weighted by Gasteiger charge is -2.11. The molecule has 112 valence electrons. The average Bonchev–Trinajstić information content (AvgIpc) is 2.86. The number of carbonyl (C=O) groups is 1. The van der Waals surface area contributed by atoms with E-state index in [0.717, 1.165) is 0 Å². The fraction of sp³-hybridized carbons (Fsp3) is 0.231. The molecule has 0 radical (unpaired) electrons. The maximum atomic E-state index is 12.2. The maximum Gasteiger partial charge on any atom is 0.387 e. The van der Waals surface area contributed by atoms with Crippen LogP contribution in [0.25, 0.3) is 0 Å². The molecule has 0 fully saturated rings. The lowest BCUT2D eigenvalue weighted by molar-refractivity contribution is -0.0512. The number of anilines is 1. The number of nitrogens with zero attached hydrogens (tertiary/aromatic N) is 2. The third kappa shape index (κ3) is 3.68. The average molecular weight is 297 g/mol. The Morgan fingerprint density at radius 2 is 2.10 bits per heavy atom. The van der Waals surface area contributed by atoms with E-state index in [0.29, 0.717) is 5.69 Å². The van der Waals surface area contributed by atoms with Crippen molar-refractivity contribution in [2.75, 3.05) is 12.4 Å². The van der Waals surface area contributed by atoms with Crippen LogP contribution in [-0.2, 0) is 7.05 Å². The van der Waals surface area contributed by atoms with E-state index in [1.807, 2.05) is 0 Å². The van der Waals surface area contributed by atoms with Crippen LogP contribution >= 0.6 is 0 Å². The molecule has 1 N–H and O–H groups in total. The summed E-state index contributed by atoms with van der Waals surface area (Å²) in [6.45, 7) is -2.95. The number of benzene rings is 1. The molecule has 0 aliphatic rings. The molecule has 8 heteroatoms. The van der Waals surface area contributed by atoms with Crippen molar-refractivity contribution in [3.05, 3.63) is 36.2 Å². The molecule has 6 nitrogen and oxygen atoms in total. The number of aryl methyl sites for hydroxylation is 1. The molecule has 0 atom stereocenters. The number of alkyl halides is 2. The second kappa shape index (κ2) is 6.21. The van der Waals surface area contributed by atoms with Crippen molar-refractivity contribution in [1.29, 1.82) is 0 Å². The van der Waals surface area contributed by atoms with Gasteiger partial charge in [-0.25, -0.2) is 0 Å². The molecule has 2 rings (SSSR count). The van der Waals surface area contributed by atoms with Gasteiger partial charge in [-0.05, 0) is 18.2 Å². The van der Waals surface area contributed by atoms with Crippen molar-refractivity contribution >= 4 is 11.6 Å². The number of methoxy groups -OCH3 is 1. The van der Waals surface area contributed by atoms with Gasteiger partial charge in [-0.3, -0.25) is 9.48 Å². The number of aromatic nitrogens is 2. The van der Waals surface area contributed by atoms with E-state index in [1.165, 1.54) is 30.0 Å². The highest BCUT2D eigenvalue weighted by molar-refractivity contribution is 6.02. The van der Waals surface area contributed by atoms with Crippen LogP contribution in [0.3, 0.4) is 0 Å². The maximum absolute atomic E-state index is 12.2. The molecule has 2 aromatic rings. The summed E-state index contributed by atoms with van der Waals surface area (Å²) in [6.07, 6.45) is 1.63. The van der Waals surface area contributed by atoms with Crippen molar-refractivity contribution < 1.29 is 23.0 Å². The van der Waals surface area contributed by atoms with Crippen molar-refractivity contribution in [1.82, 2.24) is 9.78 Å². The highest BCUT2D eigenvalue weighted by Crippen LogP contribution is 2.31. The number of carbonyl (C=O) groups excluding carboxylic acids is 1. The van der Waals surface area contributed by atoms with E-state index in [1.54, 1.807) is 19.3 Å². The van der Waals surface area contributed by atoms with Crippen LogP contribution in [0, 0.1) is 0 Å². The van der Waals surface area contributed by atoms with Crippen LogP contribution in [0.5, 0.6) is 11.5 Å². The first kappa shape index (κ1) is 14.8. The van der Waals surface area contributed by atoms with E-state index in [4.69, 9.17) is 4.74 Å². The minimum Gasteiger partial charge on any atom is -0.493 e. The summed E-state index contributed by atoms with van der Waals surface area (Å²) < 4.78 is 35.2. The number of halogens is 2. The van der Waals surface area contributed by atoms with E-state index in [-0.39, 0.29) is 17.2 Å². The number of nitrogens with one attached hydrogen (secondary N) is 1. The zero-order chi connectivity index (χ0) is 15.4. The molecule has 1 heterocycles. The van der Waals surface area contributed by atoms with Gasteiger partial charge in [0.25, 0.3) is 5.91 Å². The largest absolute Gasteiger partial charge is 0.493 e. The SMILES string of the molecule is COc1cc(NC(=O)c2ccn(C)n2)ccc1OC(F)F. The summed E-state index contributed by atoms with van der Waals surface area (Å²) >= 11 is 0. The first-order valence-electron chi connectivity index (χ1n) is 5.93. The van der Waals surface area contributed by atoms with E-state index >= 15 is 0 Å². The Hall–Kier alpha value is -2.64. The summed E-state index contributed by atoms with van der Waals surface area (Å²) in [5.74, 6) is -0.433. The summed E-state index contributed by atoms with van der Waals surface area (Å²) in [5, 5.41) is 6.54. The van der Waals surface area contributed by atoms with Gasteiger partial charge >= 0.3 is 6.61 Å². The topological polar surface area (TPSA) is 65.4 Å². The number of hydrogen-bond acceptors (Lipinski definition) is 4. The van der Waals surface area contributed by atoms with Gasteiger partial charge in [-0.15, -0.1) is 0 Å². The lowest BCUT2D eigenvalue weighted by Crippen LogP contribution is -2.13. The summed E-state index contributed by atoms with van der Waals surface area (Å²) in [4.78, 5) is 11.9. The highest BCUT2D eigenvalue weighted by atomic mass is 19.3. The molecule has 0 saturated heterocycles. The van der Waals surface area contributed by atoms with Crippen LogP contribution in [-0.4, -0.2) is 29.4 Å². The Balaban J connectivity index is 2.15. The Bertz CT molecular complexity index is 643. The fourth-order valence-corrected chi connectivity index (χ4v) is 1.67. The Kier molecular flexibility index (Phi) is 4.36. The third-order valence-corrected chi connectivity index (χ3v) is 2.58. The molecular formula is C13H13F2N3O3. The Morgan fingerprint density at radius 1 is 1.33 bits per heavy atom. The first-order valence-corrected chi connectivity index (χ1v) is 5.93. The number of ether oxygens (including phenoxy) is 2. The van der Waals surface area contributed by atoms with Crippen molar-refractivity contribution in [3.63, 3.8) is 0 Å². The standard InChI is InChI=1S/C13H13F2N3O3/c1-18-6-5-9(17-18)12(19)16-8-3-4-10(21-13(14)15)11(7-8)20-2/h3-7,13H,1-2H3,(H,16,19). The molecule has 21 heavy (non-hydrogen) atoms. The minimum absolute atomic E-state index is 0.0918. The predicted octanol–water partition coefficient (Wildman–Crippen LogP) is 2.28. The van der Waals surface area contributed by atoms with Gasteiger partial charge in [0.2, 0.25) is 0 Å². The van der Waals surface area contributed by atoms with E-state index in [9.17, 15) is 13.6 Å². The molecule has 1 aromatic heterocycles. The number of rotatable bonds is 5. The number of hydrogen-bond donors (Lipinski definition) is 1. The van der Waals surface area contributed by atoms with Gasteiger partial charge in [0, 0.05) is 25.0 Å². The van der Waals surface area contributed by atoms with Crippen molar-refractivity contribution in [3.8, 4) is 11.5 Å². The molecular weight excluding hydrogens is 284 g/mol. The fourth-order valence-electron chi connectivity index (χ4n) is 1.67. The minimum atomic E-state index is -2.95. The van der Waals surface area contributed by atoms with Crippen molar-refractivity contribution in [2.24, 2.45) is 7.05 Å². The van der Waals surface area contributed by atoms with E-state index < -0.39 is 12.5 Å². The van der Waals surface area contributed by atoms with Crippen LogP contribution in [0.4, 0.5) is 14.5 Å². The molecule has 0 unspecified atom stereocenters. The molecule has 1 aromatic carbocycles. The van der Waals surface area contributed by atoms with Gasteiger partial charge in [0.1, 0.15) is 0 Å². The monoisotopic (exact) mass is 297 g/mol. The number of amides is 1. The zero-order valence-corrected chi connectivity index (χ0v) is 11.3. The first-order chi connectivity index (χ1) is 9.99. The predicted molar refractivity (Wildman–Crippen MR) is 70.8 cm³/mol. The third-order valence-electron chi connectivity index (χ3n) is 2.58. The Morgan fingerprint density at radius 3 is 2.67 bits per heavy atom. The van der Waals surface area contributed by atoms with Crippen LogP contribution in [0.15, 0.2) is 30.5 Å². The zero-order valence-electron chi connectivity index (χ0n) is 11.3. The second-order valence-electron chi connectivity index (χ2n) is 4.07.